The first-order valence-corrected chi connectivity index (χ1v) is 26.7. The normalized spacial score (nSPS) is 13.7. The summed E-state index contributed by atoms with van der Waals surface area (Å²) in [6.07, 6.45) is 7.54. The molecule has 0 aliphatic heterocycles. The molecule has 2 aliphatic carbocycles. The molecular weight excluding hydrogens is 935 g/mol. The van der Waals surface area contributed by atoms with Gasteiger partial charge >= 0.3 is 0 Å². The zero-order valence-corrected chi connectivity index (χ0v) is 43.4. The molecule has 5 heteroatoms. The first kappa shape index (κ1) is 44.9. The van der Waals surface area contributed by atoms with E-state index in [9.17, 15) is 0 Å². The molecule has 0 N–H and O–H groups in total. The highest BCUT2D eigenvalue weighted by Gasteiger charge is 2.38. The van der Waals surface area contributed by atoms with Crippen LogP contribution in [0.15, 0.2) is 249 Å². The lowest BCUT2D eigenvalue weighted by atomic mass is 9.82. The van der Waals surface area contributed by atoms with E-state index in [1.807, 2.05) is 36.9 Å². The maximum absolute atomic E-state index is 4.45. The Labute approximate surface area is 449 Å². The molecule has 0 saturated heterocycles. The van der Waals surface area contributed by atoms with Crippen LogP contribution in [0.5, 0.6) is 0 Å². The predicted molar refractivity (Wildman–Crippen MR) is 320 cm³/mol. The first-order chi connectivity index (χ1) is 37.7. The topological polar surface area (TPSA) is 37.2 Å². The van der Waals surface area contributed by atoms with Crippen molar-refractivity contribution in [1.29, 1.82) is 0 Å². The van der Waals surface area contributed by atoms with Crippen molar-refractivity contribution < 1.29 is 0 Å². The summed E-state index contributed by atoms with van der Waals surface area (Å²) >= 11 is 0. The van der Waals surface area contributed by atoms with Crippen molar-refractivity contribution in [3.05, 3.63) is 271 Å². The van der Waals surface area contributed by atoms with Gasteiger partial charge in [0.05, 0.1) is 22.4 Å². The van der Waals surface area contributed by atoms with E-state index in [0.717, 1.165) is 73.1 Å². The van der Waals surface area contributed by atoms with Crippen LogP contribution in [0.1, 0.15) is 49.9 Å². The van der Waals surface area contributed by atoms with Crippen LogP contribution in [-0.4, -0.2) is 14.5 Å². The van der Waals surface area contributed by atoms with Crippen LogP contribution in [0.25, 0.3) is 82.8 Å². The van der Waals surface area contributed by atoms with Gasteiger partial charge in [-0.2, -0.15) is 0 Å². The molecule has 2 aliphatic rings. The van der Waals surface area contributed by atoms with Crippen LogP contribution in [0.4, 0.5) is 34.1 Å². The molecule has 77 heavy (non-hydrogen) atoms. The summed E-state index contributed by atoms with van der Waals surface area (Å²) < 4.78 is 2.46. The van der Waals surface area contributed by atoms with E-state index in [1.54, 1.807) is 0 Å². The number of pyridine rings is 2. The van der Waals surface area contributed by atoms with Crippen molar-refractivity contribution in [3.8, 4) is 50.2 Å². The predicted octanol–water partition coefficient (Wildman–Crippen LogP) is 19.1. The largest absolute Gasteiger partial charge is 0.310 e. The van der Waals surface area contributed by atoms with E-state index >= 15 is 0 Å². The lowest BCUT2D eigenvalue weighted by Gasteiger charge is -2.30. The highest BCUT2D eigenvalue weighted by molar-refractivity contribution is 6.29. The summed E-state index contributed by atoms with van der Waals surface area (Å²) in [5.41, 5.74) is 24.8. The molecule has 3 heterocycles. The van der Waals surface area contributed by atoms with Crippen LogP contribution < -0.4 is 9.80 Å². The summed E-state index contributed by atoms with van der Waals surface area (Å²) in [4.78, 5) is 13.9. The number of para-hydroxylation sites is 1. The SMILES string of the molecule is CC1(C)c2ccccc2-c2ccc(N(c3ccc(-c4cccnc4)cc3)c3ccc4c5c3ccc3c(N(c6ccc(-c7cccnc7)cc6)c6ccc7c(c6)C(C)(C)c6ccccc6-7)ccc(c35)n4-c3ccccc3)cc21. The minimum atomic E-state index is -0.173. The monoisotopic (exact) mass is 987 g/mol. The number of nitrogens with zero attached hydrogens (tertiary/aromatic N) is 5. The third kappa shape index (κ3) is 6.79. The van der Waals surface area contributed by atoms with Gasteiger partial charge in [-0.05, 0) is 164 Å². The van der Waals surface area contributed by atoms with E-state index < -0.39 is 0 Å². The highest BCUT2D eigenvalue weighted by Crippen LogP contribution is 2.55. The maximum Gasteiger partial charge on any atom is 0.0548 e. The third-order valence-corrected chi connectivity index (χ3v) is 16.9. The van der Waals surface area contributed by atoms with Crippen LogP contribution in [0, 0.1) is 0 Å². The van der Waals surface area contributed by atoms with Gasteiger partial charge in [-0.1, -0.05) is 155 Å². The number of benzene rings is 10. The molecule has 13 aromatic rings. The van der Waals surface area contributed by atoms with Crippen LogP contribution in [0.3, 0.4) is 0 Å². The molecule has 0 saturated carbocycles. The molecule has 0 amide bonds. The van der Waals surface area contributed by atoms with Crippen LogP contribution >= 0.6 is 0 Å². The van der Waals surface area contributed by atoms with Gasteiger partial charge in [0, 0.05) is 85.6 Å². The molecule has 0 radical (unpaired) electrons. The van der Waals surface area contributed by atoms with Crippen molar-refractivity contribution in [2.45, 2.75) is 38.5 Å². The molecule has 0 spiro atoms. The minimum Gasteiger partial charge on any atom is -0.310 e. The maximum atomic E-state index is 4.45. The van der Waals surface area contributed by atoms with E-state index in [0.29, 0.717) is 0 Å². The second kappa shape index (κ2) is 17.0. The van der Waals surface area contributed by atoms with Crippen LogP contribution in [0.2, 0.25) is 0 Å². The Bertz CT molecular complexity index is 4160. The van der Waals surface area contributed by atoms with Crippen molar-refractivity contribution in [3.63, 3.8) is 0 Å². The Morgan fingerprint density at radius 3 is 1.19 bits per heavy atom. The molecule has 0 fully saturated rings. The lowest BCUT2D eigenvalue weighted by molar-refractivity contribution is 0.660. The highest BCUT2D eigenvalue weighted by atomic mass is 15.2. The molecule has 3 aromatic heterocycles. The second-order valence-electron chi connectivity index (χ2n) is 21.8. The molecule has 366 valence electrons. The van der Waals surface area contributed by atoms with Gasteiger partial charge in [0.15, 0.2) is 0 Å². The van der Waals surface area contributed by atoms with E-state index in [-0.39, 0.29) is 10.8 Å². The Hall–Kier alpha value is -9.58. The fraction of sp³-hybridized carbons (Fsp3) is 0.0833. The zero-order chi connectivity index (χ0) is 51.6. The van der Waals surface area contributed by atoms with E-state index in [4.69, 9.17) is 0 Å². The number of aromatic nitrogens is 3. The molecule has 15 rings (SSSR count). The fourth-order valence-electron chi connectivity index (χ4n) is 13.2. The molecule has 10 aromatic carbocycles. The van der Waals surface area contributed by atoms with Gasteiger partial charge in [0.1, 0.15) is 0 Å². The Morgan fingerprint density at radius 2 is 0.753 bits per heavy atom. The standard InChI is InChI=1S/C72H53N5/c1-71(2)61-20-10-8-18-55(61)57-32-30-53(42-63(57)71)75(51-26-22-46(23-27-51)48-14-12-40-73-44-48)65-36-38-67-69-59(65)34-35-60-66(37-39-68(70(60)69)77(67)50-16-6-5-7-17-50)76(52-28-24-47(25-29-52)49-15-13-41-74-45-49)54-31-33-58-56-19-9-11-21-62(56)72(3,4)64(58)43-54/h5-45H,1-4H3. The van der Waals surface area contributed by atoms with Gasteiger partial charge in [0.2, 0.25) is 0 Å². The fourth-order valence-corrected chi connectivity index (χ4v) is 13.2. The van der Waals surface area contributed by atoms with Crippen molar-refractivity contribution in [2.24, 2.45) is 0 Å². The Balaban J connectivity index is 0.970. The van der Waals surface area contributed by atoms with E-state index in [1.165, 1.54) is 66.1 Å². The second-order valence-corrected chi connectivity index (χ2v) is 21.8. The van der Waals surface area contributed by atoms with Crippen molar-refractivity contribution in [2.75, 3.05) is 9.80 Å². The Kier molecular flexibility index (Phi) is 9.89. The van der Waals surface area contributed by atoms with Gasteiger partial charge in [0.25, 0.3) is 0 Å². The summed E-state index contributed by atoms with van der Waals surface area (Å²) in [5.74, 6) is 0. The molecule has 0 atom stereocenters. The number of anilines is 6. The summed E-state index contributed by atoms with van der Waals surface area (Å²) in [7, 11) is 0. The molecule has 5 nitrogen and oxygen atoms in total. The average molecular weight is 988 g/mol. The molecule has 0 unspecified atom stereocenters. The zero-order valence-electron chi connectivity index (χ0n) is 43.4. The average Bonchev–Trinajstić information content (AvgIpc) is 4.05. The summed E-state index contributed by atoms with van der Waals surface area (Å²) in [5, 5.41) is 4.80. The first-order valence-electron chi connectivity index (χ1n) is 26.7. The third-order valence-electron chi connectivity index (χ3n) is 16.9. The lowest BCUT2D eigenvalue weighted by Crippen LogP contribution is -2.17. The number of hydrogen-bond donors (Lipinski definition) is 0. The van der Waals surface area contributed by atoms with E-state index in [2.05, 4.69) is 264 Å². The number of hydrogen-bond acceptors (Lipinski definition) is 4. The molecule has 0 bridgehead atoms. The summed E-state index contributed by atoms with van der Waals surface area (Å²) in [6, 6.07) is 83.3. The van der Waals surface area contributed by atoms with Gasteiger partial charge in [-0.15, -0.1) is 0 Å². The van der Waals surface area contributed by atoms with Crippen LogP contribution in [-0.2, 0) is 10.8 Å². The quantitative estimate of drug-likeness (QED) is 0.135. The van der Waals surface area contributed by atoms with Gasteiger partial charge < -0.3 is 14.4 Å². The Morgan fingerprint density at radius 1 is 0.338 bits per heavy atom. The van der Waals surface area contributed by atoms with Crippen molar-refractivity contribution >= 4 is 66.7 Å². The smallest absolute Gasteiger partial charge is 0.0548 e. The van der Waals surface area contributed by atoms with Gasteiger partial charge in [-0.25, -0.2) is 0 Å². The molecular formula is C72H53N5. The van der Waals surface area contributed by atoms with Crippen molar-refractivity contribution in [1.82, 2.24) is 14.5 Å². The number of fused-ring (bicyclic) bond motifs is 6. The summed E-state index contributed by atoms with van der Waals surface area (Å²) in [6.45, 7) is 9.47. The van der Waals surface area contributed by atoms with Gasteiger partial charge in [-0.3, -0.25) is 9.97 Å². The minimum absolute atomic E-state index is 0.173. The number of rotatable bonds is 9.